The molecule has 0 saturated carbocycles. The maximum absolute atomic E-state index is 13.1. The Balaban J connectivity index is 1.46. The van der Waals surface area contributed by atoms with Crippen LogP contribution in [0.5, 0.6) is 11.5 Å². The van der Waals surface area contributed by atoms with E-state index in [1.807, 2.05) is 0 Å². The number of carbonyl (C=O) groups excluding carboxylic acids is 2. The van der Waals surface area contributed by atoms with E-state index < -0.39 is 17.7 Å². The van der Waals surface area contributed by atoms with Crippen LogP contribution in [-0.2, 0) is 14.3 Å². The number of furan rings is 1. The Hall–Kier alpha value is -3.30. The summed E-state index contributed by atoms with van der Waals surface area (Å²) >= 11 is 0. The smallest absolute Gasteiger partial charge is 0.295 e. The highest BCUT2D eigenvalue weighted by molar-refractivity contribution is 6.46. The molecule has 1 unspecified atom stereocenters. The molecule has 4 heterocycles. The van der Waals surface area contributed by atoms with Gasteiger partial charge in [0.25, 0.3) is 11.7 Å². The molecule has 1 amide bonds. The first kappa shape index (κ1) is 22.5. The molecule has 2 fully saturated rings. The number of fused-ring (bicyclic) bond motifs is 1. The maximum Gasteiger partial charge on any atom is 0.295 e. The molecule has 0 spiro atoms. The number of hydrogen-bond donors (Lipinski definition) is 1. The van der Waals surface area contributed by atoms with Gasteiger partial charge in [-0.25, -0.2) is 0 Å². The van der Waals surface area contributed by atoms with Gasteiger partial charge in [0.2, 0.25) is 0 Å². The molecule has 0 radical (unpaired) electrons. The van der Waals surface area contributed by atoms with Gasteiger partial charge in [-0.3, -0.25) is 14.5 Å². The molecule has 1 N–H and O–H groups in total. The molecule has 1 atom stereocenters. The summed E-state index contributed by atoms with van der Waals surface area (Å²) in [5.41, 5.74) is 0.395. The van der Waals surface area contributed by atoms with Crippen LogP contribution in [0.1, 0.15) is 29.5 Å². The van der Waals surface area contributed by atoms with E-state index in [1.165, 1.54) is 4.90 Å². The quantitative estimate of drug-likeness (QED) is 0.392. The van der Waals surface area contributed by atoms with Gasteiger partial charge >= 0.3 is 0 Å². The Morgan fingerprint density at radius 1 is 1.00 bits per heavy atom. The second kappa shape index (κ2) is 9.52. The zero-order valence-electron chi connectivity index (χ0n) is 19.1. The summed E-state index contributed by atoms with van der Waals surface area (Å²) in [5.74, 6) is 0.545. The predicted molar refractivity (Wildman–Crippen MR) is 122 cm³/mol. The maximum atomic E-state index is 13.1. The molecular weight excluding hydrogens is 440 g/mol. The average molecular weight is 469 g/mol. The van der Waals surface area contributed by atoms with Gasteiger partial charge in [-0.2, -0.15) is 0 Å². The zero-order valence-corrected chi connectivity index (χ0v) is 19.1. The van der Waals surface area contributed by atoms with Crippen LogP contribution >= 0.6 is 0 Å². The lowest BCUT2D eigenvalue weighted by atomic mass is 9.99. The third-order valence-corrected chi connectivity index (χ3v) is 6.36. The molecule has 3 aliphatic heterocycles. The molecule has 180 valence electrons. The Morgan fingerprint density at radius 3 is 2.50 bits per heavy atom. The molecule has 0 bridgehead atoms. The minimum Gasteiger partial charge on any atom is -0.507 e. The van der Waals surface area contributed by atoms with E-state index in [1.54, 1.807) is 37.3 Å². The largest absolute Gasteiger partial charge is 0.507 e. The Bertz CT molecular complexity index is 1120. The fraction of sp³-hybridized carbons (Fsp3) is 0.440. The number of aliphatic hydroxyl groups is 1. The Labute approximate surface area is 197 Å². The highest BCUT2D eigenvalue weighted by Crippen LogP contribution is 2.41. The summed E-state index contributed by atoms with van der Waals surface area (Å²) in [6.45, 7) is 6.91. The number of ether oxygens (including phenoxy) is 3. The lowest BCUT2D eigenvalue weighted by Crippen LogP contribution is -2.38. The van der Waals surface area contributed by atoms with Crippen LogP contribution in [0, 0.1) is 6.92 Å². The summed E-state index contributed by atoms with van der Waals surface area (Å²) < 4.78 is 22.4. The topological polar surface area (TPSA) is 102 Å². The van der Waals surface area contributed by atoms with E-state index in [9.17, 15) is 14.7 Å². The SMILES string of the molecule is Cc1ccc(C2/C(=C(\O)c3ccc4c(c3)OCCO4)C(=O)C(=O)N2CCCN2CCOCC2)o1. The van der Waals surface area contributed by atoms with Crippen LogP contribution in [0.4, 0.5) is 0 Å². The van der Waals surface area contributed by atoms with E-state index in [2.05, 4.69) is 4.90 Å². The van der Waals surface area contributed by atoms with Crippen molar-refractivity contribution < 1.29 is 33.3 Å². The molecule has 9 heteroatoms. The standard InChI is InChI=1S/C25H28N2O7/c1-16-3-5-19(34-16)22-21(23(28)17-4-6-18-20(15-17)33-14-13-32-18)24(29)25(30)27(22)8-2-7-26-9-11-31-12-10-26/h3-6,15,22,28H,2,7-14H2,1H3/b23-21+. The van der Waals surface area contributed by atoms with Crippen LogP contribution in [0.15, 0.2) is 40.3 Å². The van der Waals surface area contributed by atoms with E-state index in [0.717, 1.165) is 19.6 Å². The number of hydrogen-bond acceptors (Lipinski definition) is 8. The molecule has 34 heavy (non-hydrogen) atoms. The van der Waals surface area contributed by atoms with Crippen LogP contribution in [0.2, 0.25) is 0 Å². The van der Waals surface area contributed by atoms with Crippen molar-refractivity contribution in [3.8, 4) is 11.5 Å². The van der Waals surface area contributed by atoms with Gasteiger partial charge in [0.1, 0.15) is 36.5 Å². The van der Waals surface area contributed by atoms with E-state index in [0.29, 0.717) is 68.0 Å². The van der Waals surface area contributed by atoms with Crippen molar-refractivity contribution in [1.29, 1.82) is 0 Å². The van der Waals surface area contributed by atoms with Gasteiger partial charge in [-0.15, -0.1) is 0 Å². The van der Waals surface area contributed by atoms with Gasteiger partial charge in [0.05, 0.1) is 18.8 Å². The third kappa shape index (κ3) is 4.28. The minimum absolute atomic E-state index is 0.0161. The number of rotatable bonds is 6. The van der Waals surface area contributed by atoms with E-state index in [-0.39, 0.29) is 11.3 Å². The highest BCUT2D eigenvalue weighted by atomic mass is 16.6. The van der Waals surface area contributed by atoms with Crippen molar-refractivity contribution in [3.05, 3.63) is 53.0 Å². The number of likely N-dealkylation sites (tertiary alicyclic amines) is 1. The van der Waals surface area contributed by atoms with Crippen molar-refractivity contribution in [2.75, 3.05) is 52.6 Å². The van der Waals surface area contributed by atoms with Crippen LogP contribution < -0.4 is 9.47 Å². The fourth-order valence-electron chi connectivity index (χ4n) is 4.64. The van der Waals surface area contributed by atoms with Gasteiger partial charge in [0, 0.05) is 31.7 Å². The molecule has 5 rings (SSSR count). The number of morpholine rings is 1. The summed E-state index contributed by atoms with van der Waals surface area (Å²) in [6.07, 6.45) is 0.688. The molecule has 2 aromatic rings. The fourth-order valence-corrected chi connectivity index (χ4v) is 4.64. The average Bonchev–Trinajstić information content (AvgIpc) is 3.40. The Kier molecular flexibility index (Phi) is 6.30. The zero-order chi connectivity index (χ0) is 23.7. The summed E-state index contributed by atoms with van der Waals surface area (Å²) in [7, 11) is 0. The van der Waals surface area contributed by atoms with Gasteiger partial charge in [-0.1, -0.05) is 0 Å². The van der Waals surface area contributed by atoms with Crippen molar-refractivity contribution in [3.63, 3.8) is 0 Å². The highest BCUT2D eigenvalue weighted by Gasteiger charge is 2.47. The second-order valence-corrected chi connectivity index (χ2v) is 8.61. The molecule has 1 aromatic heterocycles. The van der Waals surface area contributed by atoms with Crippen LogP contribution in [-0.4, -0.2) is 79.2 Å². The molecule has 1 aromatic carbocycles. The van der Waals surface area contributed by atoms with Crippen LogP contribution in [0.25, 0.3) is 5.76 Å². The number of aliphatic hydroxyl groups excluding tert-OH is 1. The lowest BCUT2D eigenvalue weighted by molar-refractivity contribution is -0.140. The number of amides is 1. The van der Waals surface area contributed by atoms with Gasteiger partial charge in [-0.05, 0) is 43.7 Å². The Morgan fingerprint density at radius 2 is 1.76 bits per heavy atom. The van der Waals surface area contributed by atoms with Crippen LogP contribution in [0.3, 0.4) is 0 Å². The summed E-state index contributed by atoms with van der Waals surface area (Å²) in [6, 6.07) is 7.70. The van der Waals surface area contributed by atoms with Gasteiger partial charge < -0.3 is 28.6 Å². The normalized spacial score (nSPS) is 22.4. The first-order valence-corrected chi connectivity index (χ1v) is 11.6. The minimum atomic E-state index is -0.799. The number of Topliss-reactive ketones (excluding diaryl/α,β-unsaturated/α-hetero) is 1. The first-order valence-electron chi connectivity index (χ1n) is 11.6. The van der Waals surface area contributed by atoms with Gasteiger partial charge in [0.15, 0.2) is 11.5 Å². The van der Waals surface area contributed by atoms with Crippen molar-refractivity contribution >= 4 is 17.4 Å². The molecular formula is C25H28N2O7. The molecule has 0 aliphatic carbocycles. The van der Waals surface area contributed by atoms with Crippen molar-refractivity contribution in [2.45, 2.75) is 19.4 Å². The lowest BCUT2D eigenvalue weighted by Gasteiger charge is -2.28. The summed E-state index contributed by atoms with van der Waals surface area (Å²) in [5, 5.41) is 11.2. The summed E-state index contributed by atoms with van der Waals surface area (Å²) in [4.78, 5) is 30.0. The third-order valence-electron chi connectivity index (χ3n) is 6.36. The van der Waals surface area contributed by atoms with E-state index in [4.69, 9.17) is 18.6 Å². The van der Waals surface area contributed by atoms with Crippen molar-refractivity contribution in [1.82, 2.24) is 9.80 Å². The molecule has 3 aliphatic rings. The number of nitrogens with zero attached hydrogens (tertiary/aromatic N) is 2. The number of carbonyl (C=O) groups is 2. The van der Waals surface area contributed by atoms with Crippen molar-refractivity contribution in [2.24, 2.45) is 0 Å². The predicted octanol–water partition coefficient (Wildman–Crippen LogP) is 2.50. The number of benzene rings is 1. The molecule has 2 saturated heterocycles. The van der Waals surface area contributed by atoms with E-state index >= 15 is 0 Å². The number of ketones is 1. The monoisotopic (exact) mass is 468 g/mol. The molecule has 9 nitrogen and oxygen atoms in total. The second-order valence-electron chi connectivity index (χ2n) is 8.61. The first-order chi connectivity index (χ1) is 16.5. The number of aryl methyl sites for hydroxylation is 1.